The van der Waals surface area contributed by atoms with Crippen molar-refractivity contribution in [3.63, 3.8) is 0 Å². The standard InChI is InChI=1S/C20H21N3O4/c1-13-11-14(2)23(22-13)17-8-6-16(7-9-17)20(25)27-15(3)19(24)21-12-18-5-4-10-26-18/h4-11,15H,12H2,1-3H3,(H,21,24). The fourth-order valence-corrected chi connectivity index (χ4v) is 2.64. The maximum Gasteiger partial charge on any atom is 0.338 e. The van der Waals surface area contributed by atoms with E-state index in [1.165, 1.54) is 13.2 Å². The molecule has 1 N–H and O–H groups in total. The van der Waals surface area contributed by atoms with Crippen molar-refractivity contribution >= 4 is 11.9 Å². The fourth-order valence-electron chi connectivity index (χ4n) is 2.64. The number of rotatable bonds is 6. The monoisotopic (exact) mass is 367 g/mol. The number of esters is 1. The molecule has 2 heterocycles. The number of hydrogen-bond acceptors (Lipinski definition) is 5. The topological polar surface area (TPSA) is 86.4 Å². The maximum absolute atomic E-state index is 12.3. The van der Waals surface area contributed by atoms with Crippen LogP contribution < -0.4 is 5.32 Å². The zero-order valence-electron chi connectivity index (χ0n) is 15.4. The third-order valence-corrected chi connectivity index (χ3v) is 4.03. The van der Waals surface area contributed by atoms with Crippen molar-refractivity contribution < 1.29 is 18.7 Å². The summed E-state index contributed by atoms with van der Waals surface area (Å²) >= 11 is 0. The van der Waals surface area contributed by atoms with E-state index >= 15 is 0 Å². The molecule has 0 aliphatic carbocycles. The van der Waals surface area contributed by atoms with Gasteiger partial charge in [-0.05, 0) is 63.2 Å². The van der Waals surface area contributed by atoms with Crippen LogP contribution in [0.2, 0.25) is 0 Å². The summed E-state index contributed by atoms with van der Waals surface area (Å²) in [5.41, 5.74) is 3.14. The van der Waals surface area contributed by atoms with Gasteiger partial charge in [-0.1, -0.05) is 0 Å². The average Bonchev–Trinajstić information content (AvgIpc) is 3.28. The minimum atomic E-state index is -0.914. The van der Waals surface area contributed by atoms with Crippen LogP contribution >= 0.6 is 0 Å². The summed E-state index contributed by atoms with van der Waals surface area (Å²) < 4.78 is 12.2. The van der Waals surface area contributed by atoms with E-state index in [-0.39, 0.29) is 12.5 Å². The Kier molecular flexibility index (Phi) is 5.40. The second-order valence-electron chi connectivity index (χ2n) is 6.23. The Labute approximate surface area is 156 Å². The summed E-state index contributed by atoms with van der Waals surface area (Å²) in [4.78, 5) is 24.3. The average molecular weight is 367 g/mol. The third kappa shape index (κ3) is 4.44. The first kappa shape index (κ1) is 18.4. The molecular weight excluding hydrogens is 346 g/mol. The van der Waals surface area contributed by atoms with Gasteiger partial charge in [-0.2, -0.15) is 5.10 Å². The molecule has 0 bridgehead atoms. The van der Waals surface area contributed by atoms with Crippen LogP contribution in [-0.2, 0) is 16.1 Å². The highest BCUT2D eigenvalue weighted by Gasteiger charge is 2.19. The van der Waals surface area contributed by atoms with Gasteiger partial charge >= 0.3 is 5.97 Å². The molecule has 1 amide bonds. The number of nitrogens with zero attached hydrogens (tertiary/aromatic N) is 2. The van der Waals surface area contributed by atoms with Crippen LogP contribution in [0, 0.1) is 13.8 Å². The largest absolute Gasteiger partial charge is 0.467 e. The normalized spacial score (nSPS) is 11.8. The first-order valence-corrected chi connectivity index (χ1v) is 8.59. The number of amides is 1. The molecule has 0 saturated heterocycles. The molecule has 0 radical (unpaired) electrons. The van der Waals surface area contributed by atoms with E-state index in [4.69, 9.17) is 9.15 Å². The Balaban J connectivity index is 1.58. The molecule has 7 heteroatoms. The van der Waals surface area contributed by atoms with Gasteiger partial charge in [0.15, 0.2) is 6.10 Å². The van der Waals surface area contributed by atoms with E-state index in [0.717, 1.165) is 17.1 Å². The summed E-state index contributed by atoms with van der Waals surface area (Å²) in [5, 5.41) is 7.07. The second-order valence-corrected chi connectivity index (χ2v) is 6.23. The van der Waals surface area contributed by atoms with Crippen LogP contribution in [0.3, 0.4) is 0 Å². The molecule has 0 spiro atoms. The molecule has 3 rings (SSSR count). The SMILES string of the molecule is Cc1cc(C)n(-c2ccc(C(=O)OC(C)C(=O)NCc3ccco3)cc2)n1. The minimum absolute atomic E-state index is 0.241. The number of carbonyl (C=O) groups is 2. The lowest BCUT2D eigenvalue weighted by Crippen LogP contribution is -2.35. The molecule has 3 aromatic rings. The number of benzene rings is 1. The lowest BCUT2D eigenvalue weighted by Gasteiger charge is -2.13. The molecule has 1 atom stereocenters. The highest BCUT2D eigenvalue weighted by atomic mass is 16.5. The van der Waals surface area contributed by atoms with E-state index in [1.54, 1.807) is 41.1 Å². The molecule has 0 fully saturated rings. The molecule has 0 aliphatic heterocycles. The summed E-state index contributed by atoms with van der Waals surface area (Å²) in [7, 11) is 0. The van der Waals surface area contributed by atoms with Crippen molar-refractivity contribution in [1.82, 2.24) is 15.1 Å². The molecular formula is C20H21N3O4. The number of aromatic nitrogens is 2. The smallest absolute Gasteiger partial charge is 0.338 e. The van der Waals surface area contributed by atoms with Gasteiger partial charge in [0.2, 0.25) is 0 Å². The molecule has 7 nitrogen and oxygen atoms in total. The van der Waals surface area contributed by atoms with E-state index < -0.39 is 12.1 Å². The van der Waals surface area contributed by atoms with Crippen LogP contribution in [0.15, 0.2) is 53.1 Å². The predicted octanol–water partition coefficient (Wildman–Crippen LogP) is 2.94. The van der Waals surface area contributed by atoms with Crippen molar-refractivity contribution in [2.24, 2.45) is 0 Å². The Morgan fingerprint density at radius 3 is 2.56 bits per heavy atom. The summed E-state index contributed by atoms with van der Waals surface area (Å²) in [6.45, 7) is 5.66. The van der Waals surface area contributed by atoms with E-state index in [0.29, 0.717) is 11.3 Å². The number of hydrogen-bond donors (Lipinski definition) is 1. The van der Waals surface area contributed by atoms with E-state index in [9.17, 15) is 9.59 Å². The number of furan rings is 1. The molecule has 1 aromatic carbocycles. The Morgan fingerprint density at radius 2 is 1.96 bits per heavy atom. The molecule has 0 aliphatic rings. The Bertz CT molecular complexity index is 927. The molecule has 2 aromatic heterocycles. The van der Waals surface area contributed by atoms with Gasteiger partial charge in [0.1, 0.15) is 5.76 Å². The first-order chi connectivity index (χ1) is 12.9. The first-order valence-electron chi connectivity index (χ1n) is 8.59. The zero-order valence-corrected chi connectivity index (χ0v) is 15.4. The highest BCUT2D eigenvalue weighted by Crippen LogP contribution is 2.14. The number of ether oxygens (including phenoxy) is 1. The van der Waals surface area contributed by atoms with Crippen molar-refractivity contribution in [1.29, 1.82) is 0 Å². The maximum atomic E-state index is 12.3. The number of carbonyl (C=O) groups excluding carboxylic acids is 2. The van der Waals surface area contributed by atoms with Gasteiger partial charge in [-0.3, -0.25) is 4.79 Å². The van der Waals surface area contributed by atoms with Gasteiger partial charge in [0.25, 0.3) is 5.91 Å². The summed E-state index contributed by atoms with van der Waals surface area (Å²) in [6, 6.07) is 12.4. The quantitative estimate of drug-likeness (QED) is 0.677. The van der Waals surface area contributed by atoms with Gasteiger partial charge in [0, 0.05) is 5.69 Å². The van der Waals surface area contributed by atoms with Gasteiger partial charge in [-0.15, -0.1) is 0 Å². The number of aryl methyl sites for hydroxylation is 2. The van der Waals surface area contributed by atoms with E-state index in [2.05, 4.69) is 10.4 Å². The zero-order chi connectivity index (χ0) is 19.4. The summed E-state index contributed by atoms with van der Waals surface area (Å²) in [5.74, 6) is -0.323. The highest BCUT2D eigenvalue weighted by molar-refractivity contribution is 5.92. The Hall–Kier alpha value is -3.35. The number of nitrogens with one attached hydrogen (secondary N) is 1. The van der Waals surface area contributed by atoms with Gasteiger partial charge < -0.3 is 14.5 Å². The molecule has 27 heavy (non-hydrogen) atoms. The van der Waals surface area contributed by atoms with Crippen molar-refractivity contribution in [3.8, 4) is 5.69 Å². The van der Waals surface area contributed by atoms with Crippen LogP contribution in [0.5, 0.6) is 0 Å². The van der Waals surface area contributed by atoms with Crippen LogP contribution in [0.4, 0.5) is 0 Å². The minimum Gasteiger partial charge on any atom is -0.467 e. The fraction of sp³-hybridized carbons (Fsp3) is 0.250. The van der Waals surface area contributed by atoms with Gasteiger partial charge in [-0.25, -0.2) is 9.48 Å². The lowest BCUT2D eigenvalue weighted by molar-refractivity contribution is -0.129. The summed E-state index contributed by atoms with van der Waals surface area (Å²) in [6.07, 6.45) is 0.615. The lowest BCUT2D eigenvalue weighted by atomic mass is 10.2. The second kappa shape index (κ2) is 7.90. The molecule has 1 unspecified atom stereocenters. The van der Waals surface area contributed by atoms with Gasteiger partial charge in [0.05, 0.1) is 29.8 Å². The van der Waals surface area contributed by atoms with Crippen LogP contribution in [-0.4, -0.2) is 27.8 Å². The van der Waals surface area contributed by atoms with Crippen molar-refractivity contribution in [2.45, 2.75) is 33.4 Å². The molecule has 0 saturated carbocycles. The molecule has 140 valence electrons. The van der Waals surface area contributed by atoms with Crippen molar-refractivity contribution in [3.05, 3.63) is 71.4 Å². The Morgan fingerprint density at radius 1 is 1.22 bits per heavy atom. The van der Waals surface area contributed by atoms with Crippen molar-refractivity contribution in [2.75, 3.05) is 0 Å². The predicted molar refractivity (Wildman–Crippen MR) is 98.5 cm³/mol. The third-order valence-electron chi connectivity index (χ3n) is 4.03. The van der Waals surface area contributed by atoms with Crippen LogP contribution in [0.1, 0.15) is 34.4 Å². The van der Waals surface area contributed by atoms with E-state index in [1.807, 2.05) is 19.9 Å². The van der Waals surface area contributed by atoms with Crippen LogP contribution in [0.25, 0.3) is 5.69 Å².